The maximum absolute atomic E-state index is 12.5. The van der Waals surface area contributed by atoms with Gasteiger partial charge in [0.05, 0.1) is 4.34 Å². The standard InChI is InChI=1S/C16H14ClNO4S2/c17-13-7-6-12(24-13)14-18(11(9-23-14)15(19)20)16(21)22-8-10-4-2-1-3-5-10/h1-7,11,14H,8-9H2,(H,19,20). The number of carboxylic acid groups (broad SMARTS) is 1. The van der Waals surface area contributed by atoms with Crippen LogP contribution in [0.25, 0.3) is 0 Å². The van der Waals surface area contributed by atoms with E-state index in [1.165, 1.54) is 28.0 Å². The van der Waals surface area contributed by atoms with Gasteiger partial charge in [0.1, 0.15) is 18.0 Å². The van der Waals surface area contributed by atoms with Crippen LogP contribution in [0.2, 0.25) is 4.34 Å². The summed E-state index contributed by atoms with van der Waals surface area (Å²) < 4.78 is 5.93. The topological polar surface area (TPSA) is 66.8 Å². The molecule has 0 spiro atoms. The van der Waals surface area contributed by atoms with Crippen LogP contribution in [-0.2, 0) is 16.1 Å². The van der Waals surface area contributed by atoms with Crippen molar-refractivity contribution in [1.82, 2.24) is 4.90 Å². The van der Waals surface area contributed by atoms with Crippen molar-refractivity contribution in [2.24, 2.45) is 0 Å². The SMILES string of the molecule is O=C(O)C1CSC(c2ccc(Cl)s2)N1C(=O)OCc1ccccc1. The van der Waals surface area contributed by atoms with E-state index in [4.69, 9.17) is 16.3 Å². The van der Waals surface area contributed by atoms with Gasteiger partial charge in [0.25, 0.3) is 0 Å². The van der Waals surface area contributed by atoms with E-state index in [1.807, 2.05) is 36.4 Å². The second-order valence-corrected chi connectivity index (χ2v) is 7.99. The number of carbonyl (C=O) groups is 2. The summed E-state index contributed by atoms with van der Waals surface area (Å²) in [5.74, 6) is -0.722. The molecule has 1 fully saturated rings. The van der Waals surface area contributed by atoms with Crippen molar-refractivity contribution in [1.29, 1.82) is 0 Å². The van der Waals surface area contributed by atoms with Gasteiger partial charge in [0.2, 0.25) is 0 Å². The molecule has 2 unspecified atom stereocenters. The Bertz CT molecular complexity index is 737. The van der Waals surface area contributed by atoms with Crippen molar-refractivity contribution in [2.75, 3.05) is 5.75 Å². The molecular formula is C16H14ClNO4S2. The molecule has 1 aliphatic rings. The van der Waals surface area contributed by atoms with Gasteiger partial charge in [-0.15, -0.1) is 23.1 Å². The van der Waals surface area contributed by atoms with Crippen molar-refractivity contribution in [2.45, 2.75) is 18.0 Å². The number of benzene rings is 1. The largest absolute Gasteiger partial charge is 0.480 e. The minimum atomic E-state index is -1.04. The first kappa shape index (κ1) is 17.1. The number of nitrogens with zero attached hydrogens (tertiary/aromatic N) is 1. The normalized spacial score (nSPS) is 20.1. The molecule has 1 N–H and O–H groups in total. The number of thioether (sulfide) groups is 1. The molecule has 1 amide bonds. The molecule has 2 atom stereocenters. The van der Waals surface area contributed by atoms with Crippen LogP contribution in [0, 0.1) is 0 Å². The van der Waals surface area contributed by atoms with Crippen molar-refractivity contribution in [3.05, 3.63) is 57.2 Å². The van der Waals surface area contributed by atoms with Gasteiger partial charge >= 0.3 is 12.1 Å². The number of hydrogen-bond donors (Lipinski definition) is 1. The fourth-order valence-electron chi connectivity index (χ4n) is 2.39. The Morgan fingerprint density at radius 1 is 1.25 bits per heavy atom. The summed E-state index contributed by atoms with van der Waals surface area (Å²) in [6.45, 7) is 0.102. The second-order valence-electron chi connectivity index (χ2n) is 5.13. The average Bonchev–Trinajstić information content (AvgIpc) is 3.19. The number of carboxylic acids is 1. The number of thiophene rings is 1. The third kappa shape index (κ3) is 3.68. The van der Waals surface area contributed by atoms with Crippen LogP contribution in [0.1, 0.15) is 15.8 Å². The average molecular weight is 384 g/mol. The minimum Gasteiger partial charge on any atom is -0.480 e. The highest BCUT2D eigenvalue weighted by Gasteiger charge is 2.44. The Morgan fingerprint density at radius 2 is 2.00 bits per heavy atom. The predicted octanol–water partition coefficient (Wildman–Crippen LogP) is 4.24. The lowest BCUT2D eigenvalue weighted by Crippen LogP contribution is -2.43. The lowest BCUT2D eigenvalue weighted by molar-refractivity contribution is -0.141. The van der Waals surface area contributed by atoms with Crippen LogP contribution < -0.4 is 0 Å². The summed E-state index contributed by atoms with van der Waals surface area (Å²) in [6.07, 6.45) is -0.634. The van der Waals surface area contributed by atoms with Gasteiger partial charge in [-0.25, -0.2) is 9.59 Å². The number of ether oxygens (including phenoxy) is 1. The molecule has 3 rings (SSSR count). The van der Waals surface area contributed by atoms with Gasteiger partial charge in [-0.3, -0.25) is 4.90 Å². The van der Waals surface area contributed by atoms with Gasteiger partial charge in [-0.2, -0.15) is 0 Å². The van der Waals surface area contributed by atoms with E-state index in [2.05, 4.69) is 0 Å². The van der Waals surface area contributed by atoms with E-state index in [0.717, 1.165) is 10.4 Å². The predicted molar refractivity (Wildman–Crippen MR) is 94.4 cm³/mol. The van der Waals surface area contributed by atoms with E-state index >= 15 is 0 Å². The maximum Gasteiger partial charge on any atom is 0.412 e. The lowest BCUT2D eigenvalue weighted by Gasteiger charge is -2.25. The first-order valence-electron chi connectivity index (χ1n) is 7.15. The molecule has 0 bridgehead atoms. The summed E-state index contributed by atoms with van der Waals surface area (Å²) in [5.41, 5.74) is 0.847. The molecule has 5 nitrogen and oxygen atoms in total. The van der Waals surface area contributed by atoms with E-state index in [0.29, 0.717) is 10.1 Å². The first-order chi connectivity index (χ1) is 11.6. The van der Waals surface area contributed by atoms with Gasteiger partial charge in [0.15, 0.2) is 0 Å². The molecule has 2 heterocycles. The molecule has 1 aromatic carbocycles. The molecule has 2 aromatic rings. The molecule has 0 saturated carbocycles. The highest BCUT2D eigenvalue weighted by Crippen LogP contribution is 2.45. The zero-order valence-electron chi connectivity index (χ0n) is 12.4. The number of carbonyl (C=O) groups excluding carboxylic acids is 1. The number of amides is 1. The Labute approximate surface area is 152 Å². The number of aliphatic carboxylic acids is 1. The number of hydrogen-bond acceptors (Lipinski definition) is 5. The van der Waals surface area contributed by atoms with Crippen LogP contribution in [0.3, 0.4) is 0 Å². The van der Waals surface area contributed by atoms with Crippen molar-refractivity contribution < 1.29 is 19.4 Å². The third-order valence-corrected chi connectivity index (χ3v) is 6.28. The molecule has 1 aromatic heterocycles. The highest BCUT2D eigenvalue weighted by molar-refractivity contribution is 7.99. The first-order valence-corrected chi connectivity index (χ1v) is 9.39. The van der Waals surface area contributed by atoms with E-state index < -0.39 is 23.5 Å². The van der Waals surface area contributed by atoms with Crippen LogP contribution in [0.4, 0.5) is 4.79 Å². The number of rotatable bonds is 4. The van der Waals surface area contributed by atoms with E-state index in [9.17, 15) is 14.7 Å². The van der Waals surface area contributed by atoms with Crippen molar-refractivity contribution in [3.8, 4) is 0 Å². The van der Waals surface area contributed by atoms with Crippen LogP contribution in [0.5, 0.6) is 0 Å². The fourth-order valence-corrected chi connectivity index (χ4v) is 5.09. The zero-order chi connectivity index (χ0) is 17.1. The lowest BCUT2D eigenvalue weighted by atomic mass is 10.2. The number of halogens is 1. The molecule has 24 heavy (non-hydrogen) atoms. The highest BCUT2D eigenvalue weighted by atomic mass is 35.5. The smallest absolute Gasteiger partial charge is 0.412 e. The quantitative estimate of drug-likeness (QED) is 0.855. The Morgan fingerprint density at radius 3 is 2.62 bits per heavy atom. The summed E-state index contributed by atoms with van der Waals surface area (Å²) >= 11 is 8.70. The second kappa shape index (κ2) is 7.46. The van der Waals surface area contributed by atoms with Gasteiger partial charge in [0, 0.05) is 10.6 Å². The van der Waals surface area contributed by atoms with E-state index in [-0.39, 0.29) is 6.61 Å². The van der Waals surface area contributed by atoms with Gasteiger partial charge < -0.3 is 9.84 Å². The molecular weight excluding hydrogens is 370 g/mol. The maximum atomic E-state index is 12.5. The Balaban J connectivity index is 1.76. The molecule has 8 heteroatoms. The molecule has 0 radical (unpaired) electrons. The summed E-state index contributed by atoms with van der Waals surface area (Å²) in [7, 11) is 0. The van der Waals surface area contributed by atoms with Crippen LogP contribution >= 0.6 is 34.7 Å². The summed E-state index contributed by atoms with van der Waals surface area (Å²) in [5, 5.41) is 9.01. The Hall–Kier alpha value is -1.70. The summed E-state index contributed by atoms with van der Waals surface area (Å²) in [4.78, 5) is 26.1. The minimum absolute atomic E-state index is 0.102. The molecule has 1 aliphatic heterocycles. The zero-order valence-corrected chi connectivity index (χ0v) is 14.8. The fraction of sp³-hybridized carbons (Fsp3) is 0.250. The Kier molecular flexibility index (Phi) is 5.33. The molecule has 1 saturated heterocycles. The van der Waals surface area contributed by atoms with Crippen molar-refractivity contribution in [3.63, 3.8) is 0 Å². The van der Waals surface area contributed by atoms with Crippen LogP contribution in [0.15, 0.2) is 42.5 Å². The monoisotopic (exact) mass is 383 g/mol. The summed E-state index contributed by atoms with van der Waals surface area (Å²) in [6, 6.07) is 11.9. The third-order valence-electron chi connectivity index (χ3n) is 3.54. The molecule has 126 valence electrons. The van der Waals surface area contributed by atoms with Crippen molar-refractivity contribution >= 4 is 46.8 Å². The molecule has 0 aliphatic carbocycles. The van der Waals surface area contributed by atoms with Gasteiger partial charge in [-0.1, -0.05) is 41.9 Å². The van der Waals surface area contributed by atoms with E-state index in [1.54, 1.807) is 6.07 Å². The van der Waals surface area contributed by atoms with Crippen LogP contribution in [-0.4, -0.2) is 33.9 Å². The van der Waals surface area contributed by atoms with Gasteiger partial charge in [-0.05, 0) is 17.7 Å².